The number of hydrogen-bond acceptors (Lipinski definition) is 6. The van der Waals surface area contributed by atoms with Gasteiger partial charge in [0.15, 0.2) is 23.1 Å². The van der Waals surface area contributed by atoms with Gasteiger partial charge in [0, 0.05) is 6.54 Å². The van der Waals surface area contributed by atoms with Crippen LogP contribution in [-0.2, 0) is 13.0 Å². The molecule has 0 fully saturated rings. The molecule has 0 aliphatic rings. The van der Waals surface area contributed by atoms with E-state index in [1.165, 1.54) is 31.6 Å². The van der Waals surface area contributed by atoms with Gasteiger partial charge < -0.3 is 19.1 Å². The summed E-state index contributed by atoms with van der Waals surface area (Å²) in [5.74, 6) is -1.19. The van der Waals surface area contributed by atoms with E-state index in [1.807, 2.05) is 13.8 Å². The average molecular weight is 386 g/mol. The highest BCUT2D eigenvalue weighted by Gasteiger charge is 2.23. The SMILES string of the molecule is CCc1nc(-c2cncc(Oc3c(F)cccc3OC)n2)n(CC)c1C(=O)O. The normalized spacial score (nSPS) is 10.7. The van der Waals surface area contributed by atoms with Crippen molar-refractivity contribution in [3.63, 3.8) is 0 Å². The van der Waals surface area contributed by atoms with Gasteiger partial charge in [-0.25, -0.2) is 19.2 Å². The third kappa shape index (κ3) is 3.51. The van der Waals surface area contributed by atoms with Gasteiger partial charge in [-0.3, -0.25) is 4.98 Å². The molecule has 2 heterocycles. The Hall–Kier alpha value is -3.49. The molecule has 8 nitrogen and oxygen atoms in total. The van der Waals surface area contributed by atoms with E-state index in [9.17, 15) is 14.3 Å². The van der Waals surface area contributed by atoms with E-state index in [-0.39, 0.29) is 23.1 Å². The number of para-hydroxylation sites is 1. The maximum atomic E-state index is 14.1. The Balaban J connectivity index is 2.05. The molecular weight excluding hydrogens is 367 g/mol. The van der Waals surface area contributed by atoms with Gasteiger partial charge in [0.25, 0.3) is 0 Å². The Morgan fingerprint density at radius 2 is 2.04 bits per heavy atom. The number of halogens is 1. The van der Waals surface area contributed by atoms with Gasteiger partial charge in [0.05, 0.1) is 25.2 Å². The summed E-state index contributed by atoms with van der Waals surface area (Å²) < 4.78 is 26.3. The fraction of sp³-hybridized carbons (Fsp3) is 0.263. The van der Waals surface area contributed by atoms with Crippen LogP contribution in [0.1, 0.15) is 30.0 Å². The first kappa shape index (κ1) is 19.3. The first-order valence-corrected chi connectivity index (χ1v) is 8.65. The maximum absolute atomic E-state index is 14.1. The van der Waals surface area contributed by atoms with Crippen LogP contribution in [0.25, 0.3) is 11.5 Å². The highest BCUT2D eigenvalue weighted by Crippen LogP contribution is 2.33. The molecule has 0 saturated heterocycles. The van der Waals surface area contributed by atoms with Crippen molar-refractivity contribution in [3.05, 3.63) is 47.8 Å². The Kier molecular flexibility index (Phi) is 5.53. The standard InChI is InChI=1S/C19H19FN4O4/c1-4-12-16(19(25)26)24(5-2)18(23-12)13-9-21-10-15(22-13)28-17-11(20)7-6-8-14(17)27-3/h6-10H,4-5H2,1-3H3,(H,25,26). The van der Waals surface area contributed by atoms with E-state index in [0.29, 0.717) is 30.2 Å². The van der Waals surface area contributed by atoms with Crippen LogP contribution in [0.4, 0.5) is 4.39 Å². The number of benzene rings is 1. The highest BCUT2D eigenvalue weighted by molar-refractivity contribution is 5.88. The molecule has 0 atom stereocenters. The summed E-state index contributed by atoms with van der Waals surface area (Å²) >= 11 is 0. The number of carboxylic acid groups (broad SMARTS) is 1. The predicted molar refractivity (Wildman–Crippen MR) is 98.3 cm³/mol. The Bertz CT molecular complexity index is 1020. The van der Waals surface area contributed by atoms with E-state index >= 15 is 0 Å². The highest BCUT2D eigenvalue weighted by atomic mass is 19.1. The van der Waals surface area contributed by atoms with Gasteiger partial charge in [-0.15, -0.1) is 0 Å². The lowest BCUT2D eigenvalue weighted by atomic mass is 10.2. The molecule has 0 radical (unpaired) electrons. The molecular formula is C19H19FN4O4. The third-order valence-electron chi connectivity index (χ3n) is 4.09. The lowest BCUT2D eigenvalue weighted by Crippen LogP contribution is -2.10. The van der Waals surface area contributed by atoms with E-state index < -0.39 is 11.8 Å². The molecule has 2 aromatic heterocycles. The number of methoxy groups -OCH3 is 1. The number of ether oxygens (including phenoxy) is 2. The zero-order valence-electron chi connectivity index (χ0n) is 15.6. The predicted octanol–water partition coefficient (Wildman–Crippen LogP) is 3.56. The maximum Gasteiger partial charge on any atom is 0.354 e. The number of aromatic nitrogens is 4. The molecule has 0 saturated carbocycles. The molecule has 0 amide bonds. The van der Waals surface area contributed by atoms with Crippen molar-refractivity contribution in [2.24, 2.45) is 0 Å². The van der Waals surface area contributed by atoms with Crippen LogP contribution in [0, 0.1) is 5.82 Å². The van der Waals surface area contributed by atoms with Gasteiger partial charge in [0.2, 0.25) is 11.6 Å². The second-order valence-electron chi connectivity index (χ2n) is 5.75. The molecule has 0 bridgehead atoms. The second kappa shape index (κ2) is 8.03. The number of hydrogen-bond donors (Lipinski definition) is 1. The number of aromatic carboxylic acids is 1. The van der Waals surface area contributed by atoms with Crippen molar-refractivity contribution >= 4 is 5.97 Å². The third-order valence-corrected chi connectivity index (χ3v) is 4.09. The largest absolute Gasteiger partial charge is 0.493 e. The quantitative estimate of drug-likeness (QED) is 0.663. The minimum atomic E-state index is -1.06. The molecule has 0 unspecified atom stereocenters. The number of aryl methyl sites for hydroxylation is 1. The van der Waals surface area contributed by atoms with Crippen molar-refractivity contribution in [2.45, 2.75) is 26.8 Å². The van der Waals surface area contributed by atoms with Crippen LogP contribution in [-0.4, -0.2) is 37.7 Å². The lowest BCUT2D eigenvalue weighted by molar-refractivity contribution is 0.0684. The minimum absolute atomic E-state index is 0.0291. The summed E-state index contributed by atoms with van der Waals surface area (Å²) in [6, 6.07) is 4.30. The number of carboxylic acids is 1. The van der Waals surface area contributed by atoms with E-state index in [2.05, 4.69) is 15.0 Å². The van der Waals surface area contributed by atoms with Gasteiger partial charge in [-0.2, -0.15) is 0 Å². The zero-order valence-corrected chi connectivity index (χ0v) is 15.6. The van der Waals surface area contributed by atoms with Gasteiger partial charge >= 0.3 is 5.97 Å². The van der Waals surface area contributed by atoms with Gasteiger partial charge in [0.1, 0.15) is 5.69 Å². The van der Waals surface area contributed by atoms with Crippen molar-refractivity contribution in [1.29, 1.82) is 0 Å². The summed E-state index contributed by atoms with van der Waals surface area (Å²) in [6.07, 6.45) is 3.23. The summed E-state index contributed by atoms with van der Waals surface area (Å²) in [5, 5.41) is 9.53. The van der Waals surface area contributed by atoms with Crippen LogP contribution in [0.15, 0.2) is 30.6 Å². The summed E-state index contributed by atoms with van der Waals surface area (Å²) in [5.41, 5.74) is 0.883. The summed E-state index contributed by atoms with van der Waals surface area (Å²) in [4.78, 5) is 24.5. The number of imidazole rings is 1. The molecule has 9 heteroatoms. The summed E-state index contributed by atoms with van der Waals surface area (Å²) in [7, 11) is 1.40. The first-order chi connectivity index (χ1) is 13.5. The Morgan fingerprint density at radius 1 is 1.25 bits per heavy atom. The molecule has 3 aromatic rings. The monoisotopic (exact) mass is 386 g/mol. The topological polar surface area (TPSA) is 99.4 Å². The second-order valence-corrected chi connectivity index (χ2v) is 5.75. The number of rotatable bonds is 7. The Labute approximate surface area is 160 Å². The molecule has 0 spiro atoms. The van der Waals surface area contributed by atoms with Gasteiger partial charge in [-0.1, -0.05) is 13.0 Å². The van der Waals surface area contributed by atoms with Crippen LogP contribution in [0.2, 0.25) is 0 Å². The van der Waals surface area contributed by atoms with Crippen LogP contribution in [0.5, 0.6) is 17.4 Å². The Morgan fingerprint density at radius 3 is 2.68 bits per heavy atom. The minimum Gasteiger partial charge on any atom is -0.493 e. The van der Waals surface area contributed by atoms with Crippen LogP contribution >= 0.6 is 0 Å². The number of carbonyl (C=O) groups is 1. The lowest BCUT2D eigenvalue weighted by Gasteiger charge is -2.11. The fourth-order valence-electron chi connectivity index (χ4n) is 2.85. The molecule has 1 N–H and O–H groups in total. The van der Waals surface area contributed by atoms with E-state index in [1.54, 1.807) is 10.6 Å². The van der Waals surface area contributed by atoms with Crippen molar-refractivity contribution in [1.82, 2.24) is 19.5 Å². The summed E-state index contributed by atoms with van der Waals surface area (Å²) in [6.45, 7) is 4.03. The van der Waals surface area contributed by atoms with E-state index in [0.717, 1.165) is 0 Å². The van der Waals surface area contributed by atoms with Crippen molar-refractivity contribution < 1.29 is 23.8 Å². The van der Waals surface area contributed by atoms with Crippen LogP contribution < -0.4 is 9.47 Å². The molecule has 146 valence electrons. The van der Waals surface area contributed by atoms with Crippen molar-refractivity contribution in [2.75, 3.05) is 7.11 Å². The average Bonchev–Trinajstić information content (AvgIpc) is 3.09. The number of nitrogens with zero attached hydrogens (tertiary/aromatic N) is 4. The zero-order chi connectivity index (χ0) is 20.3. The fourth-order valence-corrected chi connectivity index (χ4v) is 2.85. The van der Waals surface area contributed by atoms with Gasteiger partial charge in [-0.05, 0) is 25.5 Å². The molecule has 28 heavy (non-hydrogen) atoms. The smallest absolute Gasteiger partial charge is 0.354 e. The van der Waals surface area contributed by atoms with Crippen molar-refractivity contribution in [3.8, 4) is 28.9 Å². The molecule has 3 rings (SSSR count). The molecule has 1 aromatic carbocycles. The molecule has 0 aliphatic heterocycles. The van der Waals surface area contributed by atoms with Crippen LogP contribution in [0.3, 0.4) is 0 Å². The molecule has 0 aliphatic carbocycles. The van der Waals surface area contributed by atoms with E-state index in [4.69, 9.17) is 9.47 Å². The first-order valence-electron chi connectivity index (χ1n) is 8.65.